The molecule has 1 fully saturated rings. The van der Waals surface area contributed by atoms with Crippen molar-refractivity contribution in [1.29, 1.82) is 0 Å². The largest absolute Gasteiger partial charge is 0.444 e. The molecule has 2 N–H and O–H groups in total. The molecule has 0 bridgehead atoms. The lowest BCUT2D eigenvalue weighted by atomic mass is 10.2. The Labute approximate surface area is 206 Å². The van der Waals surface area contributed by atoms with Crippen LogP contribution in [0.15, 0.2) is 24.3 Å². The summed E-state index contributed by atoms with van der Waals surface area (Å²) in [4.78, 5) is 39.2. The maximum absolute atomic E-state index is 12.3. The molecule has 0 aliphatic carbocycles. The number of amides is 3. The Morgan fingerprint density at radius 2 is 1.71 bits per heavy atom. The van der Waals surface area contributed by atoms with Crippen molar-refractivity contribution in [3.8, 4) is 0 Å². The summed E-state index contributed by atoms with van der Waals surface area (Å²) < 4.78 is 6.47. The zero-order valence-electron chi connectivity index (χ0n) is 20.2. The van der Waals surface area contributed by atoms with Crippen molar-refractivity contribution in [3.63, 3.8) is 0 Å². The number of nitrogens with one attached hydrogen (secondary N) is 2. The van der Waals surface area contributed by atoms with Gasteiger partial charge in [0.1, 0.15) is 11.3 Å². The van der Waals surface area contributed by atoms with Crippen molar-refractivity contribution in [2.24, 2.45) is 0 Å². The van der Waals surface area contributed by atoms with Crippen LogP contribution in [0, 0.1) is 10.1 Å². The number of carbonyl (C=O) groups excluding carboxylic acids is 2. The van der Waals surface area contributed by atoms with Gasteiger partial charge in [-0.1, -0.05) is 24.9 Å². The molecule has 34 heavy (non-hydrogen) atoms. The molecule has 0 unspecified atom stereocenters. The van der Waals surface area contributed by atoms with Crippen LogP contribution in [0.3, 0.4) is 0 Å². The van der Waals surface area contributed by atoms with Gasteiger partial charge in [0, 0.05) is 45.3 Å². The Bertz CT molecular complexity index is 826. The number of benzene rings is 1. The first-order valence-corrected chi connectivity index (χ1v) is 11.9. The smallest absolute Gasteiger partial charge is 0.407 e. The van der Waals surface area contributed by atoms with E-state index >= 15 is 0 Å². The quantitative estimate of drug-likeness (QED) is 0.197. The van der Waals surface area contributed by atoms with Crippen LogP contribution in [0.25, 0.3) is 0 Å². The summed E-state index contributed by atoms with van der Waals surface area (Å²) >= 11 is 4.22. The highest BCUT2D eigenvalue weighted by Gasteiger charge is 2.20. The zero-order valence-corrected chi connectivity index (χ0v) is 21.1. The number of piperazine rings is 1. The van der Waals surface area contributed by atoms with E-state index in [1.807, 2.05) is 20.8 Å². The number of hydrogen-bond donors (Lipinski definition) is 3. The first-order chi connectivity index (χ1) is 16.0. The number of rotatable bonds is 10. The predicted molar refractivity (Wildman–Crippen MR) is 134 cm³/mol. The van der Waals surface area contributed by atoms with Crippen LogP contribution in [-0.4, -0.2) is 89.1 Å². The van der Waals surface area contributed by atoms with Crippen LogP contribution in [0.1, 0.15) is 33.6 Å². The molecule has 2 rings (SSSR count). The molecule has 1 saturated heterocycles. The average Bonchev–Trinajstić information content (AvgIpc) is 2.76. The highest BCUT2D eigenvalue weighted by Crippen LogP contribution is 2.23. The van der Waals surface area contributed by atoms with E-state index in [9.17, 15) is 19.7 Å². The molecule has 1 heterocycles. The third-order valence-corrected chi connectivity index (χ3v) is 5.59. The van der Waals surface area contributed by atoms with Crippen molar-refractivity contribution in [2.75, 3.05) is 57.7 Å². The van der Waals surface area contributed by atoms with Gasteiger partial charge in [-0.3, -0.25) is 14.4 Å². The number of ether oxygens (including phenoxy) is 1. The summed E-state index contributed by atoms with van der Waals surface area (Å²) in [6, 6.07) is 5.51. The van der Waals surface area contributed by atoms with Gasteiger partial charge < -0.3 is 25.2 Å². The number of urea groups is 1. The maximum Gasteiger partial charge on any atom is 0.407 e. The fraction of sp³-hybridized carbons (Fsp3) is 0.636. The minimum atomic E-state index is -0.532. The van der Waals surface area contributed by atoms with Gasteiger partial charge in [-0.2, -0.15) is 0 Å². The first-order valence-electron chi connectivity index (χ1n) is 11.5. The molecule has 11 nitrogen and oxygen atoms in total. The molecule has 0 atom stereocenters. The second-order valence-corrected chi connectivity index (χ2v) is 9.63. The lowest BCUT2D eigenvalue weighted by Crippen LogP contribution is -2.47. The van der Waals surface area contributed by atoms with Gasteiger partial charge in [0.15, 0.2) is 0 Å². The number of nitro groups is 1. The second-order valence-electron chi connectivity index (χ2n) is 9.15. The Balaban J connectivity index is 1.59. The van der Waals surface area contributed by atoms with Crippen LogP contribution in [0.5, 0.6) is 0 Å². The van der Waals surface area contributed by atoms with Crippen LogP contribution in [0.2, 0.25) is 0 Å². The normalized spacial score (nSPS) is 14.9. The highest BCUT2D eigenvalue weighted by atomic mass is 32.1. The third kappa shape index (κ3) is 10.1. The van der Waals surface area contributed by atoms with Crippen molar-refractivity contribution in [2.45, 2.75) is 39.2 Å². The standard InChI is InChI=1S/C22H36N6O5S/c1-22(2,3)33-21(30)23-10-6-11-25-14-16-26(17-15-25)12-7-13-27(34)20(29)24-18-8-4-5-9-19(18)28(31)32/h4-5,8-9,34H,6-7,10-17H2,1-3H3,(H,23,30)(H,24,29). The minimum Gasteiger partial charge on any atom is -0.444 e. The Hall–Kier alpha value is -2.57. The third-order valence-electron chi connectivity index (χ3n) is 5.21. The summed E-state index contributed by atoms with van der Waals surface area (Å²) in [5.41, 5.74) is -0.498. The summed E-state index contributed by atoms with van der Waals surface area (Å²) in [6.45, 7) is 12.1. The van der Waals surface area contributed by atoms with E-state index < -0.39 is 16.6 Å². The van der Waals surface area contributed by atoms with Crippen molar-refractivity contribution in [1.82, 2.24) is 19.4 Å². The fourth-order valence-electron chi connectivity index (χ4n) is 3.51. The number of para-hydroxylation sites is 2. The number of carbonyl (C=O) groups is 2. The molecule has 1 aliphatic rings. The number of nitro benzene ring substituents is 1. The van der Waals surface area contributed by atoms with E-state index in [1.165, 1.54) is 16.4 Å². The number of anilines is 1. The fourth-order valence-corrected chi connectivity index (χ4v) is 3.70. The number of nitrogens with zero attached hydrogens (tertiary/aromatic N) is 4. The van der Waals surface area contributed by atoms with Crippen LogP contribution in [-0.2, 0) is 4.74 Å². The molecule has 0 radical (unpaired) electrons. The Morgan fingerprint density at radius 3 is 2.29 bits per heavy atom. The number of hydrogen-bond acceptors (Lipinski definition) is 8. The van der Waals surface area contributed by atoms with Crippen LogP contribution in [0.4, 0.5) is 21.0 Å². The minimum absolute atomic E-state index is 0.147. The van der Waals surface area contributed by atoms with Gasteiger partial charge in [0.05, 0.1) is 4.92 Å². The molecule has 190 valence electrons. The monoisotopic (exact) mass is 496 g/mol. The average molecular weight is 497 g/mol. The van der Waals surface area contributed by atoms with Gasteiger partial charge >= 0.3 is 12.1 Å². The van der Waals surface area contributed by atoms with Crippen LogP contribution >= 0.6 is 12.8 Å². The van der Waals surface area contributed by atoms with E-state index in [0.717, 1.165) is 52.1 Å². The van der Waals surface area contributed by atoms with Gasteiger partial charge in [-0.25, -0.2) is 9.59 Å². The molecule has 3 amide bonds. The zero-order chi connectivity index (χ0) is 25.1. The van der Waals surface area contributed by atoms with Gasteiger partial charge in [0.2, 0.25) is 0 Å². The Morgan fingerprint density at radius 1 is 1.12 bits per heavy atom. The van der Waals surface area contributed by atoms with Crippen molar-refractivity contribution < 1.29 is 19.2 Å². The number of alkyl carbamates (subject to hydrolysis) is 1. The molecular weight excluding hydrogens is 460 g/mol. The lowest BCUT2D eigenvalue weighted by Gasteiger charge is -2.35. The van der Waals surface area contributed by atoms with E-state index in [4.69, 9.17) is 4.74 Å². The van der Waals surface area contributed by atoms with Gasteiger partial charge in [-0.05, 0) is 52.8 Å². The summed E-state index contributed by atoms with van der Waals surface area (Å²) in [7, 11) is 0. The molecule has 0 saturated carbocycles. The summed E-state index contributed by atoms with van der Waals surface area (Å²) in [5, 5.41) is 16.4. The van der Waals surface area contributed by atoms with Gasteiger partial charge in [0.25, 0.3) is 5.69 Å². The molecule has 1 aliphatic heterocycles. The SMILES string of the molecule is CC(C)(C)OC(=O)NCCCN1CCN(CCCN(S)C(=O)Nc2ccccc2[N+](=O)[O-])CC1. The molecule has 12 heteroatoms. The van der Waals surface area contributed by atoms with E-state index in [-0.39, 0.29) is 17.5 Å². The first kappa shape index (κ1) is 27.7. The highest BCUT2D eigenvalue weighted by molar-refractivity contribution is 7.78. The van der Waals surface area contributed by atoms with E-state index in [0.29, 0.717) is 13.1 Å². The Kier molecular flexibility index (Phi) is 10.9. The summed E-state index contributed by atoms with van der Waals surface area (Å²) in [5.74, 6) is 0. The van der Waals surface area contributed by atoms with Crippen molar-refractivity contribution in [3.05, 3.63) is 34.4 Å². The van der Waals surface area contributed by atoms with Crippen LogP contribution < -0.4 is 10.6 Å². The number of thiol groups is 1. The lowest BCUT2D eigenvalue weighted by molar-refractivity contribution is -0.383. The van der Waals surface area contributed by atoms with E-state index in [1.54, 1.807) is 12.1 Å². The maximum atomic E-state index is 12.3. The topological polar surface area (TPSA) is 120 Å². The predicted octanol–water partition coefficient (Wildman–Crippen LogP) is 3.20. The molecule has 1 aromatic rings. The molecule has 0 spiro atoms. The molecular formula is C22H36N6O5S. The van der Waals surface area contributed by atoms with Crippen molar-refractivity contribution >= 4 is 36.3 Å². The summed E-state index contributed by atoms with van der Waals surface area (Å²) in [6.07, 6.45) is 1.22. The molecule has 0 aromatic heterocycles. The van der Waals surface area contributed by atoms with E-state index in [2.05, 4.69) is 33.2 Å². The van der Waals surface area contributed by atoms with Gasteiger partial charge in [-0.15, -0.1) is 0 Å². The second kappa shape index (κ2) is 13.4. The molecule has 1 aromatic carbocycles.